The molecule has 0 bridgehead atoms. The molecule has 1 aliphatic carbocycles. The van der Waals surface area contributed by atoms with Gasteiger partial charge >= 0.3 is 0 Å². The molecule has 1 aliphatic rings. The van der Waals surface area contributed by atoms with Crippen molar-refractivity contribution in [1.29, 1.82) is 0 Å². The van der Waals surface area contributed by atoms with Crippen LogP contribution in [0.15, 0.2) is 29.9 Å². The molecule has 0 unspecified atom stereocenters. The van der Waals surface area contributed by atoms with Crippen LogP contribution in [0.4, 0.5) is 0 Å². The molecule has 4 nitrogen and oxygen atoms in total. The van der Waals surface area contributed by atoms with Gasteiger partial charge in [-0.05, 0) is 69.6 Å². The maximum Gasteiger partial charge on any atom is 0.126 e. The van der Waals surface area contributed by atoms with E-state index in [4.69, 9.17) is 5.11 Å². The second kappa shape index (κ2) is 12.8. The number of rotatable bonds is 8. The number of aryl methyl sites for hydroxylation is 1. The van der Waals surface area contributed by atoms with Crippen LogP contribution in [-0.4, -0.2) is 42.6 Å². The van der Waals surface area contributed by atoms with Gasteiger partial charge in [-0.25, -0.2) is 0 Å². The van der Waals surface area contributed by atoms with Crippen LogP contribution in [0.5, 0.6) is 11.5 Å². The molecule has 2 atom stereocenters. The second-order valence-corrected chi connectivity index (χ2v) is 9.11. The molecule has 0 heterocycles. The molecule has 0 fully saturated rings. The lowest BCUT2D eigenvalue weighted by atomic mass is 9.73. The monoisotopic (exact) mass is 418 g/mol. The van der Waals surface area contributed by atoms with Crippen LogP contribution in [-0.2, 0) is 6.42 Å². The molecule has 0 spiro atoms. The first-order valence-corrected chi connectivity index (χ1v) is 11.4. The fraction of sp³-hybridized carbons (Fsp3) is 0.615. The fourth-order valence-electron chi connectivity index (χ4n) is 4.11. The van der Waals surface area contributed by atoms with Crippen molar-refractivity contribution >= 4 is 0 Å². The highest BCUT2D eigenvalue weighted by atomic mass is 16.3. The average molecular weight is 419 g/mol. The van der Waals surface area contributed by atoms with E-state index in [-0.39, 0.29) is 23.3 Å². The van der Waals surface area contributed by atoms with Gasteiger partial charge in [0.2, 0.25) is 0 Å². The predicted molar refractivity (Wildman–Crippen MR) is 127 cm³/mol. The number of aliphatic hydroxyl groups excluding tert-OH is 1. The molecule has 0 amide bonds. The Balaban J connectivity index is 0.000000656. The highest BCUT2D eigenvalue weighted by molar-refractivity contribution is 5.56. The number of aliphatic hydroxyl groups is 1. The third-order valence-corrected chi connectivity index (χ3v) is 6.05. The molecule has 0 saturated heterocycles. The Morgan fingerprint density at radius 3 is 2.37 bits per heavy atom. The summed E-state index contributed by atoms with van der Waals surface area (Å²) < 4.78 is 0. The van der Waals surface area contributed by atoms with Crippen LogP contribution in [0.1, 0.15) is 75.5 Å². The Bertz CT molecular complexity index is 721. The summed E-state index contributed by atoms with van der Waals surface area (Å²) in [6.45, 7) is 13.6. The third kappa shape index (κ3) is 7.48. The van der Waals surface area contributed by atoms with E-state index < -0.39 is 0 Å². The maximum absolute atomic E-state index is 10.8. The van der Waals surface area contributed by atoms with Gasteiger partial charge in [-0.3, -0.25) is 0 Å². The zero-order valence-electron chi connectivity index (χ0n) is 20.0. The maximum atomic E-state index is 10.8. The lowest BCUT2D eigenvalue weighted by molar-refractivity contribution is -0.858. The molecule has 170 valence electrons. The Hall–Kier alpha value is -1.78. The van der Waals surface area contributed by atoms with E-state index in [0.29, 0.717) is 12.2 Å². The van der Waals surface area contributed by atoms with Gasteiger partial charge in [0.05, 0.1) is 20.7 Å². The van der Waals surface area contributed by atoms with E-state index in [1.807, 2.05) is 34.0 Å². The average Bonchev–Trinajstić information content (AvgIpc) is 2.66. The molecule has 1 aromatic carbocycles. The molecule has 1 aromatic rings. The largest absolute Gasteiger partial charge is 0.507 e. The zero-order valence-corrected chi connectivity index (χ0v) is 20.0. The molecule has 4 N–H and O–H groups in total. The number of hydrogen-bond acceptors (Lipinski definition) is 3. The van der Waals surface area contributed by atoms with E-state index in [2.05, 4.69) is 26.5 Å². The molecule has 0 radical (unpaired) electrons. The van der Waals surface area contributed by atoms with Gasteiger partial charge in [-0.15, -0.1) is 0 Å². The number of hydrogen-bond donors (Lipinski definition) is 4. The number of benzene rings is 1. The van der Waals surface area contributed by atoms with Crippen LogP contribution in [0.3, 0.4) is 0 Å². The van der Waals surface area contributed by atoms with Crippen molar-refractivity contribution in [1.82, 2.24) is 0 Å². The Kier molecular flexibility index (Phi) is 11.2. The van der Waals surface area contributed by atoms with Gasteiger partial charge in [0.1, 0.15) is 18.0 Å². The molecule has 0 saturated carbocycles. The van der Waals surface area contributed by atoms with Crippen molar-refractivity contribution in [2.75, 3.05) is 27.2 Å². The van der Waals surface area contributed by atoms with Crippen molar-refractivity contribution in [2.45, 2.75) is 72.1 Å². The Morgan fingerprint density at radius 1 is 1.20 bits per heavy atom. The normalized spacial score (nSPS) is 18.6. The van der Waals surface area contributed by atoms with Crippen molar-refractivity contribution in [3.8, 4) is 11.5 Å². The van der Waals surface area contributed by atoms with Gasteiger partial charge in [0.25, 0.3) is 0 Å². The highest BCUT2D eigenvalue weighted by Gasteiger charge is 2.30. The first-order valence-electron chi connectivity index (χ1n) is 11.4. The van der Waals surface area contributed by atoms with E-state index in [9.17, 15) is 10.2 Å². The quantitative estimate of drug-likeness (QED) is 0.376. The van der Waals surface area contributed by atoms with E-state index in [1.54, 1.807) is 0 Å². The lowest BCUT2D eigenvalue weighted by Crippen LogP contribution is -3.06. The van der Waals surface area contributed by atoms with Crippen LogP contribution >= 0.6 is 0 Å². The van der Waals surface area contributed by atoms with E-state index in [1.165, 1.54) is 23.3 Å². The first-order chi connectivity index (χ1) is 14.1. The van der Waals surface area contributed by atoms with Gasteiger partial charge in [0.15, 0.2) is 0 Å². The van der Waals surface area contributed by atoms with Gasteiger partial charge in [-0.2, -0.15) is 0 Å². The first kappa shape index (κ1) is 26.3. The minimum Gasteiger partial charge on any atom is -0.507 e. The van der Waals surface area contributed by atoms with Gasteiger partial charge in [0, 0.05) is 11.5 Å². The summed E-state index contributed by atoms with van der Waals surface area (Å²) in [6.07, 6.45) is 8.62. The molecule has 2 rings (SSSR count). The summed E-state index contributed by atoms with van der Waals surface area (Å²) in [7, 11) is 4.02. The van der Waals surface area contributed by atoms with Crippen molar-refractivity contribution in [3.05, 3.63) is 46.6 Å². The van der Waals surface area contributed by atoms with Gasteiger partial charge < -0.3 is 20.2 Å². The zero-order chi connectivity index (χ0) is 22.8. The third-order valence-electron chi connectivity index (χ3n) is 6.05. The number of likely N-dealkylation sites (N-methyl/N-ethyl adjacent to an activating group) is 1. The SMILES string of the molecule is C=C(C)[C@@H]1CCC(C)=C[C@H]1c1c(O)cc(CCCCC)c(C)c1O.C[NH+](C)CCO. The molecule has 0 aliphatic heterocycles. The summed E-state index contributed by atoms with van der Waals surface area (Å²) in [4.78, 5) is 1.29. The number of phenols is 2. The number of aromatic hydroxyl groups is 2. The number of nitrogens with one attached hydrogen (secondary N) is 1. The number of quaternary nitrogens is 1. The van der Waals surface area contributed by atoms with Crippen molar-refractivity contribution < 1.29 is 20.2 Å². The summed E-state index contributed by atoms with van der Waals surface area (Å²) in [5.41, 5.74) is 5.09. The molecular weight excluding hydrogens is 374 g/mol. The predicted octanol–water partition coefficient (Wildman–Crippen LogP) is 4.28. The van der Waals surface area contributed by atoms with E-state index >= 15 is 0 Å². The highest BCUT2D eigenvalue weighted by Crippen LogP contribution is 2.47. The molecule has 4 heteroatoms. The van der Waals surface area contributed by atoms with Crippen LogP contribution in [0.25, 0.3) is 0 Å². The topological polar surface area (TPSA) is 65.1 Å². The van der Waals surface area contributed by atoms with Crippen LogP contribution in [0, 0.1) is 12.8 Å². The molecular formula is C26H44NO3+. The Labute approximate surface area is 183 Å². The van der Waals surface area contributed by atoms with Crippen molar-refractivity contribution in [2.24, 2.45) is 5.92 Å². The van der Waals surface area contributed by atoms with Gasteiger partial charge in [-0.1, -0.05) is 43.6 Å². The Morgan fingerprint density at radius 2 is 1.87 bits per heavy atom. The summed E-state index contributed by atoms with van der Waals surface area (Å²) >= 11 is 0. The summed E-state index contributed by atoms with van der Waals surface area (Å²) in [5.74, 6) is 0.783. The van der Waals surface area contributed by atoms with Crippen LogP contribution in [0.2, 0.25) is 0 Å². The number of unbranched alkanes of at least 4 members (excludes halogenated alkanes) is 2. The standard InChI is InChI=1S/C22H32O2.C4H11NO/c1-6-7-8-9-17-13-20(23)21(22(24)16(17)5)19-12-15(4)10-11-18(19)14(2)3;1-5(2)3-4-6/h12-13,18-19,23-24H,2,6-11H2,1,3-5H3;6H,3-4H2,1-2H3/p+1/t18-,19+;/m0./s1. The molecule has 30 heavy (non-hydrogen) atoms. The smallest absolute Gasteiger partial charge is 0.126 e. The minimum atomic E-state index is 0.0136. The van der Waals surface area contributed by atoms with E-state index in [0.717, 1.165) is 48.9 Å². The second-order valence-electron chi connectivity index (χ2n) is 9.11. The minimum absolute atomic E-state index is 0.0136. The fourth-order valence-corrected chi connectivity index (χ4v) is 4.11. The van der Waals surface area contributed by atoms with Crippen molar-refractivity contribution in [3.63, 3.8) is 0 Å². The number of phenolic OH excluding ortho intramolecular Hbond substituents is 2. The number of allylic oxidation sites excluding steroid dienone is 3. The summed E-state index contributed by atoms with van der Waals surface area (Å²) in [6, 6.07) is 1.87. The summed E-state index contributed by atoms with van der Waals surface area (Å²) in [5, 5.41) is 29.7. The van der Waals surface area contributed by atoms with Crippen LogP contribution < -0.4 is 4.90 Å². The lowest BCUT2D eigenvalue weighted by Gasteiger charge is -2.32. The molecule has 0 aromatic heterocycles.